The molecule has 6 heteroatoms. The fraction of sp³-hybridized carbons (Fsp3) is 0.417. The zero-order valence-corrected chi connectivity index (χ0v) is 18.4. The van der Waals surface area contributed by atoms with Gasteiger partial charge in [0.25, 0.3) is 0 Å². The molecule has 0 amide bonds. The van der Waals surface area contributed by atoms with Crippen molar-refractivity contribution in [3.63, 3.8) is 0 Å². The van der Waals surface area contributed by atoms with Crippen molar-refractivity contribution in [1.82, 2.24) is 0 Å². The Morgan fingerprint density at radius 1 is 0.800 bits per heavy atom. The maximum atomic E-state index is 12.2. The molecule has 160 valence electrons. The van der Waals surface area contributed by atoms with E-state index >= 15 is 0 Å². The minimum Gasteiger partial charge on any atom is -0.404 e. The Morgan fingerprint density at radius 2 is 1.40 bits per heavy atom. The van der Waals surface area contributed by atoms with Crippen LogP contribution in [0.1, 0.15) is 69.4 Å². The zero-order valence-electron chi connectivity index (χ0n) is 18.4. The number of hydrogen-bond donors (Lipinski definition) is 0. The van der Waals surface area contributed by atoms with E-state index in [9.17, 15) is 13.2 Å². The summed E-state index contributed by atoms with van der Waals surface area (Å²) in [6.45, 7) is 14.2. The van der Waals surface area contributed by atoms with E-state index in [1.807, 2.05) is 39.0 Å². The second kappa shape index (κ2) is 9.22. The van der Waals surface area contributed by atoms with Gasteiger partial charge in [-0.25, -0.2) is 0 Å². The van der Waals surface area contributed by atoms with E-state index in [-0.39, 0.29) is 16.4 Å². The molecule has 0 aliphatic rings. The number of nitriles is 2. The smallest absolute Gasteiger partial charge is 0.404 e. The Bertz CT molecular complexity index is 966. The molecule has 2 rings (SSSR count). The van der Waals surface area contributed by atoms with Gasteiger partial charge in [0.1, 0.15) is 11.8 Å². The average Bonchev–Trinajstić information content (AvgIpc) is 2.58. The lowest BCUT2D eigenvalue weighted by Crippen LogP contribution is -2.19. The molecule has 0 saturated carbocycles. The Labute approximate surface area is 176 Å². The molecule has 0 aromatic heterocycles. The van der Waals surface area contributed by atoms with Gasteiger partial charge in [-0.3, -0.25) is 0 Å². The molecular weight excluding hydrogens is 389 g/mol. The van der Waals surface area contributed by atoms with Crippen LogP contribution in [0.2, 0.25) is 0 Å². The van der Waals surface area contributed by atoms with Gasteiger partial charge in [-0.15, -0.1) is 13.2 Å². The van der Waals surface area contributed by atoms with Crippen LogP contribution in [0.25, 0.3) is 0 Å². The molecule has 0 saturated heterocycles. The fourth-order valence-electron chi connectivity index (χ4n) is 2.87. The number of halogens is 3. The van der Waals surface area contributed by atoms with Crippen molar-refractivity contribution in [2.45, 2.75) is 65.7 Å². The number of hydrogen-bond acceptors (Lipinski definition) is 3. The summed E-state index contributed by atoms with van der Waals surface area (Å²) in [5.74, 6) is -0.451. The predicted octanol–water partition coefficient (Wildman–Crippen LogP) is 6.92. The van der Waals surface area contributed by atoms with Crippen LogP contribution in [0, 0.1) is 29.6 Å². The van der Waals surface area contributed by atoms with E-state index < -0.39 is 12.1 Å². The number of aryl methyl sites for hydroxylation is 1. The summed E-state index contributed by atoms with van der Waals surface area (Å²) in [5, 5.41) is 17.4. The van der Waals surface area contributed by atoms with Gasteiger partial charge in [-0.05, 0) is 58.7 Å². The van der Waals surface area contributed by atoms with Crippen LogP contribution in [0.5, 0.6) is 5.75 Å². The number of rotatable bonds is 1. The summed E-state index contributed by atoms with van der Waals surface area (Å²) in [6.07, 6.45) is -4.79. The predicted molar refractivity (Wildman–Crippen MR) is 111 cm³/mol. The van der Waals surface area contributed by atoms with Gasteiger partial charge >= 0.3 is 6.36 Å². The highest BCUT2D eigenvalue weighted by atomic mass is 19.4. The fourth-order valence-corrected chi connectivity index (χ4v) is 2.87. The molecule has 0 N–H and O–H groups in total. The van der Waals surface area contributed by atoms with Crippen LogP contribution >= 0.6 is 0 Å². The third kappa shape index (κ3) is 7.44. The van der Waals surface area contributed by atoms with Gasteiger partial charge in [0.15, 0.2) is 0 Å². The number of benzene rings is 2. The first-order valence-corrected chi connectivity index (χ1v) is 9.40. The van der Waals surface area contributed by atoms with Crippen LogP contribution in [0.3, 0.4) is 0 Å². The van der Waals surface area contributed by atoms with E-state index in [1.165, 1.54) is 23.3 Å². The monoisotopic (exact) mass is 416 g/mol. The third-order valence-electron chi connectivity index (χ3n) is 4.36. The van der Waals surface area contributed by atoms with Crippen LogP contribution in [-0.4, -0.2) is 6.36 Å². The van der Waals surface area contributed by atoms with Crippen LogP contribution in [0.15, 0.2) is 36.4 Å². The summed E-state index contributed by atoms with van der Waals surface area (Å²) in [7, 11) is 0. The lowest BCUT2D eigenvalue weighted by atomic mass is 9.83. The van der Waals surface area contributed by atoms with Gasteiger partial charge in [-0.1, -0.05) is 53.7 Å². The third-order valence-corrected chi connectivity index (χ3v) is 4.36. The van der Waals surface area contributed by atoms with E-state index in [0.29, 0.717) is 5.56 Å². The van der Waals surface area contributed by atoms with Crippen molar-refractivity contribution in [3.05, 3.63) is 64.2 Å². The maximum absolute atomic E-state index is 12.2. The lowest BCUT2D eigenvalue weighted by Gasteiger charge is -2.21. The zero-order chi connectivity index (χ0) is 23.3. The Kier molecular flexibility index (Phi) is 7.70. The first kappa shape index (κ1) is 25.0. The number of nitrogens with zero attached hydrogens (tertiary/aromatic N) is 2. The first-order chi connectivity index (χ1) is 13.6. The van der Waals surface area contributed by atoms with E-state index in [1.54, 1.807) is 12.1 Å². The van der Waals surface area contributed by atoms with Crippen LogP contribution in [-0.2, 0) is 10.8 Å². The highest BCUT2D eigenvalue weighted by Crippen LogP contribution is 2.31. The standard InChI is InChI=1S/C12H12F3NO.C12H15N/c1-11(2,3)9-5-4-8(7-16)10(6-9)17-12(13,14)15;1-9-7-10(8-13)5-6-11(9)12(2,3)4/h4-6H,1-3H3;5-7H,1-4H3. The van der Waals surface area contributed by atoms with Crippen molar-refractivity contribution in [3.8, 4) is 17.9 Å². The summed E-state index contributed by atoms with van der Waals surface area (Å²) in [6, 6.07) is 13.9. The molecule has 0 bridgehead atoms. The molecule has 0 spiro atoms. The molecule has 0 radical (unpaired) electrons. The molecule has 2 aromatic carbocycles. The molecule has 0 heterocycles. The van der Waals surface area contributed by atoms with Crippen molar-refractivity contribution >= 4 is 0 Å². The van der Waals surface area contributed by atoms with Crippen molar-refractivity contribution in [2.24, 2.45) is 0 Å². The van der Waals surface area contributed by atoms with Gasteiger partial charge in [-0.2, -0.15) is 10.5 Å². The van der Waals surface area contributed by atoms with E-state index in [2.05, 4.69) is 38.5 Å². The molecule has 0 unspecified atom stereocenters. The van der Waals surface area contributed by atoms with Crippen molar-refractivity contribution in [2.75, 3.05) is 0 Å². The average molecular weight is 416 g/mol. The van der Waals surface area contributed by atoms with Crippen LogP contribution in [0.4, 0.5) is 13.2 Å². The van der Waals surface area contributed by atoms with Crippen molar-refractivity contribution in [1.29, 1.82) is 10.5 Å². The highest BCUT2D eigenvalue weighted by molar-refractivity contribution is 5.47. The summed E-state index contributed by atoms with van der Waals surface area (Å²) < 4.78 is 40.3. The first-order valence-electron chi connectivity index (χ1n) is 9.40. The molecule has 30 heavy (non-hydrogen) atoms. The van der Waals surface area contributed by atoms with E-state index in [4.69, 9.17) is 10.5 Å². The Hall–Kier alpha value is -2.99. The lowest BCUT2D eigenvalue weighted by molar-refractivity contribution is -0.274. The maximum Gasteiger partial charge on any atom is 0.573 e. The summed E-state index contributed by atoms with van der Waals surface area (Å²) in [5.41, 5.74) is 3.66. The van der Waals surface area contributed by atoms with Gasteiger partial charge in [0.05, 0.1) is 17.2 Å². The Balaban J connectivity index is 0.000000311. The van der Waals surface area contributed by atoms with E-state index in [0.717, 1.165) is 5.56 Å². The highest BCUT2D eigenvalue weighted by Gasteiger charge is 2.32. The van der Waals surface area contributed by atoms with Gasteiger partial charge in [0, 0.05) is 0 Å². The molecule has 2 aromatic rings. The molecule has 0 atom stereocenters. The van der Waals surface area contributed by atoms with Gasteiger partial charge in [0.2, 0.25) is 0 Å². The quantitative estimate of drug-likeness (QED) is 0.507. The topological polar surface area (TPSA) is 56.8 Å². The second-order valence-electron chi connectivity index (χ2n) is 9.01. The molecule has 3 nitrogen and oxygen atoms in total. The normalized spacial score (nSPS) is 11.6. The number of alkyl halides is 3. The summed E-state index contributed by atoms with van der Waals surface area (Å²) >= 11 is 0. The molecular formula is C24H27F3N2O. The SMILES string of the molecule is CC(C)(C)c1ccc(C#N)c(OC(F)(F)F)c1.Cc1cc(C#N)ccc1C(C)(C)C. The van der Waals surface area contributed by atoms with Gasteiger partial charge < -0.3 is 4.74 Å². The minimum absolute atomic E-state index is 0.129. The molecule has 0 aliphatic carbocycles. The Morgan fingerprint density at radius 3 is 1.80 bits per heavy atom. The van der Waals surface area contributed by atoms with Crippen molar-refractivity contribution < 1.29 is 17.9 Å². The van der Waals surface area contributed by atoms with Crippen LogP contribution < -0.4 is 4.74 Å². The number of ether oxygens (including phenoxy) is 1. The largest absolute Gasteiger partial charge is 0.573 e. The second-order valence-corrected chi connectivity index (χ2v) is 9.01. The molecule has 0 fully saturated rings. The summed E-state index contributed by atoms with van der Waals surface area (Å²) in [4.78, 5) is 0. The minimum atomic E-state index is -4.79. The molecule has 0 aliphatic heterocycles.